The molecule has 9 N–H and O–H groups in total. The van der Waals surface area contributed by atoms with Gasteiger partial charge in [0.15, 0.2) is 0 Å². The van der Waals surface area contributed by atoms with Crippen molar-refractivity contribution >= 4 is 23.3 Å². The number of ether oxygens (including phenoxy) is 1. The molecule has 1 fully saturated rings. The molecule has 59 heavy (non-hydrogen) atoms. The molecule has 1 saturated heterocycles. The van der Waals surface area contributed by atoms with Gasteiger partial charge in [0.25, 0.3) is 0 Å². The van der Waals surface area contributed by atoms with E-state index in [0.717, 1.165) is 29.4 Å². The third-order valence-electron chi connectivity index (χ3n) is 7.51. The summed E-state index contributed by atoms with van der Waals surface area (Å²) >= 11 is 0. The number of nitrogens with zero attached hydrogens (tertiary/aromatic N) is 4. The fourth-order valence-corrected chi connectivity index (χ4v) is 4.57. The second-order valence-electron chi connectivity index (χ2n) is 11.7. The fourth-order valence-electron chi connectivity index (χ4n) is 4.57. The fraction of sp³-hybridized carbons (Fsp3) is 0.156. The van der Waals surface area contributed by atoms with Crippen LogP contribution in [0.1, 0.15) is 42.4 Å². The van der Waals surface area contributed by atoms with Crippen LogP contribution in [0.3, 0.4) is 0 Å². The topological polar surface area (TPSA) is 212 Å². The van der Waals surface area contributed by atoms with Crippen LogP contribution in [0.4, 0.5) is 23.3 Å². The number of benzene rings is 3. The van der Waals surface area contributed by atoms with E-state index in [9.17, 15) is 10.2 Å². The van der Waals surface area contributed by atoms with Gasteiger partial charge in [-0.25, -0.2) is 15.0 Å². The van der Waals surface area contributed by atoms with Crippen LogP contribution in [0.15, 0.2) is 189 Å². The maximum atomic E-state index is 9.89. The van der Waals surface area contributed by atoms with Gasteiger partial charge in [0.1, 0.15) is 23.6 Å². The molecule has 3 aromatic carbocycles. The van der Waals surface area contributed by atoms with Gasteiger partial charge in [-0.2, -0.15) is 0 Å². The number of aliphatic hydroxyl groups is 2. The minimum atomic E-state index is -0.511. The number of nitrogens with two attached hydrogens (primary N) is 2. The molecule has 3 atom stereocenters. The normalized spacial score (nSPS) is 12.2. The molecule has 8 rings (SSSR count). The van der Waals surface area contributed by atoms with E-state index < -0.39 is 12.2 Å². The number of hydrogen-bond acceptors (Lipinski definition) is 10. The molecule has 0 amide bonds. The van der Waals surface area contributed by atoms with Crippen LogP contribution in [-0.4, -0.2) is 49.8 Å². The molecule has 12 nitrogen and oxygen atoms in total. The maximum absolute atomic E-state index is 9.89. The molecule has 0 spiro atoms. The standard InChI is InChI=1S/2C13H14N2O.C8H8O.C5H6N2.C5H5N2.CH4.2Li.H2N/c2*16-12(11-6-2-1-3-7-11)10-15-13-8-4-5-9-14-13;1-2-4-7(5-3-1)8-6-9-8;2*6-5-3-1-2-4-7-5;;;;/h2*1-9,12,16H,10H2,(H,14,15);1-5,8H,6H2;1-4H,(H2,6,7);1-4H,(H-,6,7);1H4;;;1H2/q;;;;-1;;2*+1;-1/t2*12-;8-;;;;;;/m111....../s1. The largest absolute Gasteiger partial charge is 1.00 e. The smallest absolute Gasteiger partial charge is 0.693 e. The molecule has 0 radical (unpaired) electrons. The molecule has 298 valence electrons. The molecule has 1 aliphatic heterocycles. The Balaban J connectivity index is 0.000000731. The molecular formula is C45H53Li2N9O3. The summed E-state index contributed by atoms with van der Waals surface area (Å²) < 4.78 is 5.09. The quantitative estimate of drug-likeness (QED) is 0.105. The Morgan fingerprint density at radius 1 is 0.559 bits per heavy atom. The van der Waals surface area contributed by atoms with E-state index in [1.165, 1.54) is 5.56 Å². The van der Waals surface area contributed by atoms with E-state index in [-0.39, 0.29) is 51.3 Å². The molecule has 1 aliphatic rings. The number of aliphatic hydroxyl groups excluding tert-OH is 2. The van der Waals surface area contributed by atoms with E-state index in [2.05, 4.69) is 42.7 Å². The van der Waals surface area contributed by atoms with Gasteiger partial charge in [0.05, 0.1) is 18.8 Å². The summed E-state index contributed by atoms with van der Waals surface area (Å²) in [6.07, 6.45) is 6.09. The number of nitrogen functional groups attached to an aromatic ring is 1. The van der Waals surface area contributed by atoms with Crippen molar-refractivity contribution in [2.45, 2.75) is 25.7 Å². The Morgan fingerprint density at radius 3 is 1.22 bits per heavy atom. The zero-order valence-electron chi connectivity index (χ0n) is 33.0. The van der Waals surface area contributed by atoms with Crippen LogP contribution < -0.4 is 54.1 Å². The van der Waals surface area contributed by atoms with Crippen molar-refractivity contribution in [2.24, 2.45) is 0 Å². The van der Waals surface area contributed by atoms with Crippen molar-refractivity contribution in [3.63, 3.8) is 0 Å². The van der Waals surface area contributed by atoms with Gasteiger partial charge in [0, 0.05) is 31.7 Å². The van der Waals surface area contributed by atoms with Crippen LogP contribution in [0.5, 0.6) is 0 Å². The van der Waals surface area contributed by atoms with Crippen LogP contribution in [-0.2, 0) is 4.74 Å². The van der Waals surface area contributed by atoms with E-state index >= 15 is 0 Å². The number of epoxide rings is 1. The second-order valence-corrected chi connectivity index (χ2v) is 11.7. The summed E-state index contributed by atoms with van der Waals surface area (Å²) in [4.78, 5) is 15.6. The van der Waals surface area contributed by atoms with Crippen molar-refractivity contribution < 1.29 is 52.7 Å². The van der Waals surface area contributed by atoms with Crippen molar-refractivity contribution in [1.29, 1.82) is 0 Å². The van der Waals surface area contributed by atoms with Gasteiger partial charge in [-0.3, -0.25) is 0 Å². The Hall–Kier alpha value is -5.51. The third kappa shape index (κ3) is 23.5. The first-order valence-electron chi connectivity index (χ1n) is 17.7. The number of hydrogen-bond donors (Lipinski definition) is 5. The molecular weight excluding hydrogens is 728 g/mol. The average Bonchev–Trinajstić information content (AvgIpc) is 4.12. The second kappa shape index (κ2) is 32.5. The van der Waals surface area contributed by atoms with Crippen molar-refractivity contribution in [3.05, 3.63) is 217 Å². The Bertz CT molecular complexity index is 1840. The molecule has 0 unspecified atom stereocenters. The molecule has 5 heterocycles. The van der Waals surface area contributed by atoms with Gasteiger partial charge in [-0.05, 0) is 53.1 Å². The molecule has 0 saturated carbocycles. The van der Waals surface area contributed by atoms with Crippen molar-refractivity contribution in [1.82, 2.24) is 19.9 Å². The summed E-state index contributed by atoms with van der Waals surface area (Å²) in [6, 6.07) is 51.4. The van der Waals surface area contributed by atoms with E-state index in [4.69, 9.17) is 16.2 Å². The van der Waals surface area contributed by atoms with Gasteiger partial charge >= 0.3 is 37.7 Å². The Labute approximate surface area is 372 Å². The van der Waals surface area contributed by atoms with E-state index in [1.54, 1.807) is 49.1 Å². The van der Waals surface area contributed by atoms with Crippen molar-refractivity contribution in [2.75, 3.05) is 36.1 Å². The monoisotopic (exact) mass is 781 g/mol. The number of anilines is 3. The minimum Gasteiger partial charge on any atom is -0.693 e. The third-order valence-corrected chi connectivity index (χ3v) is 7.51. The van der Waals surface area contributed by atoms with Gasteiger partial charge in [-0.15, -0.1) is 0 Å². The maximum Gasteiger partial charge on any atom is 1.00 e. The predicted molar refractivity (Wildman–Crippen MR) is 232 cm³/mol. The van der Waals surface area contributed by atoms with Crippen LogP contribution in [0.25, 0.3) is 11.9 Å². The van der Waals surface area contributed by atoms with Gasteiger partial charge < -0.3 is 48.2 Å². The van der Waals surface area contributed by atoms with Crippen LogP contribution >= 0.6 is 0 Å². The zero-order valence-corrected chi connectivity index (χ0v) is 33.0. The summed E-state index contributed by atoms with van der Waals surface area (Å²) in [5.74, 6) is 2.44. The molecule has 4 aromatic heterocycles. The van der Waals surface area contributed by atoms with Gasteiger partial charge in [0.2, 0.25) is 0 Å². The molecule has 7 aromatic rings. The summed E-state index contributed by atoms with van der Waals surface area (Å²) in [7, 11) is 0. The van der Waals surface area contributed by atoms with Crippen LogP contribution in [0, 0.1) is 0 Å². The Kier molecular flexibility index (Phi) is 29.4. The molecule has 0 aliphatic carbocycles. The number of rotatable bonds is 9. The summed E-state index contributed by atoms with van der Waals surface area (Å²) in [5, 5.41) is 25.9. The summed E-state index contributed by atoms with van der Waals surface area (Å²) in [6.45, 7) is 1.83. The SMILES string of the molecule is C.Nc1ccccn1.O[C@H](CNc1ccccn1)c1ccccc1.O[C@H](CNc1ccccn1)c1ccccc1.[Li+].[Li+].[NH-]c1ccccn1.[NH2-].c1ccc([C@H]2CO2)cc1. The van der Waals surface area contributed by atoms with Gasteiger partial charge in [-0.1, -0.05) is 147 Å². The molecule has 0 bridgehead atoms. The zero-order chi connectivity index (χ0) is 38.8. The van der Waals surface area contributed by atoms with E-state index in [1.807, 2.05) is 127 Å². The average molecular weight is 782 g/mol. The number of pyridine rings is 4. The van der Waals surface area contributed by atoms with Crippen LogP contribution in [0.2, 0.25) is 0 Å². The minimum absolute atomic E-state index is 0. The number of nitrogens with one attached hydrogen (secondary N) is 3. The van der Waals surface area contributed by atoms with E-state index in [0.29, 0.717) is 30.8 Å². The first kappa shape index (κ1) is 53.5. The van der Waals surface area contributed by atoms with Crippen molar-refractivity contribution in [3.8, 4) is 0 Å². The number of aromatic nitrogens is 4. The first-order valence-corrected chi connectivity index (χ1v) is 17.7. The summed E-state index contributed by atoms with van der Waals surface area (Å²) in [5.41, 5.74) is 15.3. The molecule has 14 heteroatoms. The predicted octanol–water partition coefficient (Wildman–Crippen LogP) is 4.00. The Morgan fingerprint density at radius 2 is 0.932 bits per heavy atom. The first-order chi connectivity index (χ1) is 27.0.